The van der Waals surface area contributed by atoms with Crippen molar-refractivity contribution in [2.45, 2.75) is 46.1 Å². The minimum atomic E-state index is 0. The van der Waals surface area contributed by atoms with Gasteiger partial charge in [0, 0.05) is 57.5 Å². The Morgan fingerprint density at radius 3 is 2.52 bits per heavy atom. The molecule has 1 aromatic carbocycles. The molecule has 5 nitrogen and oxygen atoms in total. The molecule has 6 heteroatoms. The molecule has 1 saturated carbocycles. The van der Waals surface area contributed by atoms with Gasteiger partial charge >= 0.3 is 0 Å². The predicted octanol–water partition coefficient (Wildman–Crippen LogP) is 3.49. The Kier molecular flexibility index (Phi) is 8.07. The summed E-state index contributed by atoms with van der Waals surface area (Å²) in [7, 11) is 0. The van der Waals surface area contributed by atoms with Crippen molar-refractivity contribution in [1.82, 2.24) is 15.1 Å². The Balaban J connectivity index is 0.00000240. The van der Waals surface area contributed by atoms with Gasteiger partial charge in [0.15, 0.2) is 5.96 Å². The van der Waals surface area contributed by atoms with Crippen LogP contribution in [0.1, 0.15) is 37.3 Å². The number of hydrogen-bond donors (Lipinski definition) is 1. The molecule has 1 aliphatic carbocycles. The lowest BCUT2D eigenvalue weighted by atomic mass is 10.1. The highest BCUT2D eigenvalue weighted by Gasteiger charge is 2.34. The molecule has 0 spiro atoms. The molecule has 1 atom stereocenters. The molecule has 4 rings (SSSR count). The van der Waals surface area contributed by atoms with E-state index in [4.69, 9.17) is 4.99 Å². The third-order valence-electron chi connectivity index (χ3n) is 6.71. The Morgan fingerprint density at radius 1 is 1.07 bits per heavy atom. The first kappa shape index (κ1) is 22.7. The van der Waals surface area contributed by atoms with E-state index in [-0.39, 0.29) is 24.0 Å². The van der Waals surface area contributed by atoms with E-state index in [2.05, 4.69) is 59.0 Å². The zero-order chi connectivity index (χ0) is 19.5. The summed E-state index contributed by atoms with van der Waals surface area (Å²) in [6.07, 6.45) is 4.16. The van der Waals surface area contributed by atoms with Crippen LogP contribution in [0, 0.1) is 19.8 Å². The van der Waals surface area contributed by atoms with Crippen LogP contribution in [0.4, 0.5) is 5.69 Å². The molecule has 1 unspecified atom stereocenters. The van der Waals surface area contributed by atoms with Gasteiger partial charge < -0.3 is 20.0 Å². The van der Waals surface area contributed by atoms with Gasteiger partial charge in [-0.2, -0.15) is 0 Å². The van der Waals surface area contributed by atoms with Crippen molar-refractivity contribution in [2.75, 3.05) is 57.3 Å². The summed E-state index contributed by atoms with van der Waals surface area (Å²) in [5, 5.41) is 3.54. The Bertz CT molecular complexity index is 695. The summed E-state index contributed by atoms with van der Waals surface area (Å²) < 4.78 is 0. The molecule has 0 radical (unpaired) electrons. The van der Waals surface area contributed by atoms with Crippen LogP contribution in [-0.4, -0.2) is 74.2 Å². The van der Waals surface area contributed by atoms with Crippen LogP contribution in [-0.2, 0) is 0 Å². The lowest BCUT2D eigenvalue weighted by molar-refractivity contribution is 0.315. The Hall–Kier alpha value is -1.02. The fourth-order valence-electron chi connectivity index (χ4n) is 4.66. The van der Waals surface area contributed by atoms with E-state index in [0.717, 1.165) is 57.2 Å². The predicted molar refractivity (Wildman–Crippen MR) is 134 cm³/mol. The zero-order valence-electron chi connectivity index (χ0n) is 18.4. The van der Waals surface area contributed by atoms with Crippen LogP contribution < -0.4 is 10.2 Å². The number of piperazine rings is 1. The second-order valence-corrected chi connectivity index (χ2v) is 8.77. The lowest BCUT2D eigenvalue weighted by Gasteiger charge is -2.38. The summed E-state index contributed by atoms with van der Waals surface area (Å²) >= 11 is 0. The van der Waals surface area contributed by atoms with Crippen LogP contribution in [0.3, 0.4) is 0 Å². The van der Waals surface area contributed by atoms with Crippen LogP contribution in [0.25, 0.3) is 0 Å². The number of nitrogens with one attached hydrogen (secondary N) is 1. The lowest BCUT2D eigenvalue weighted by Crippen LogP contribution is -2.52. The van der Waals surface area contributed by atoms with Gasteiger partial charge in [-0.15, -0.1) is 24.0 Å². The molecule has 0 bridgehead atoms. The molecule has 2 heterocycles. The molecule has 2 aliphatic heterocycles. The average Bonchev–Trinajstić information content (AvgIpc) is 3.46. The van der Waals surface area contributed by atoms with E-state index in [0.29, 0.717) is 0 Å². The van der Waals surface area contributed by atoms with Crippen molar-refractivity contribution in [3.8, 4) is 0 Å². The van der Waals surface area contributed by atoms with Crippen LogP contribution in [0.2, 0.25) is 0 Å². The van der Waals surface area contributed by atoms with Crippen molar-refractivity contribution in [3.63, 3.8) is 0 Å². The Labute approximate surface area is 193 Å². The van der Waals surface area contributed by atoms with Crippen molar-refractivity contribution in [2.24, 2.45) is 10.9 Å². The second kappa shape index (κ2) is 10.3. The van der Waals surface area contributed by atoms with Gasteiger partial charge in [-0.25, -0.2) is 0 Å². The third kappa shape index (κ3) is 5.57. The van der Waals surface area contributed by atoms with Gasteiger partial charge in [0.2, 0.25) is 0 Å². The first-order valence-corrected chi connectivity index (χ1v) is 11.2. The summed E-state index contributed by atoms with van der Waals surface area (Å²) in [5.74, 6) is 1.86. The molecule has 29 heavy (non-hydrogen) atoms. The highest BCUT2D eigenvalue weighted by molar-refractivity contribution is 14.0. The van der Waals surface area contributed by atoms with Gasteiger partial charge in [0.05, 0.1) is 0 Å². The molecule has 3 aliphatic rings. The highest BCUT2D eigenvalue weighted by Crippen LogP contribution is 2.31. The van der Waals surface area contributed by atoms with Crippen LogP contribution in [0.5, 0.6) is 0 Å². The van der Waals surface area contributed by atoms with Crippen molar-refractivity contribution < 1.29 is 0 Å². The molecular formula is C23H38IN5. The maximum atomic E-state index is 5.05. The summed E-state index contributed by atoms with van der Waals surface area (Å²) in [4.78, 5) is 12.7. The second-order valence-electron chi connectivity index (χ2n) is 8.77. The number of anilines is 1. The number of guanidine groups is 1. The summed E-state index contributed by atoms with van der Waals surface area (Å²) in [5.41, 5.74) is 4.19. The zero-order valence-corrected chi connectivity index (χ0v) is 20.7. The number of aliphatic imine (C=N–C) groups is 1. The summed E-state index contributed by atoms with van der Waals surface area (Å²) in [6.45, 7) is 15.3. The molecule has 2 saturated heterocycles. The van der Waals surface area contributed by atoms with Crippen LogP contribution >= 0.6 is 24.0 Å². The minimum absolute atomic E-state index is 0. The van der Waals surface area contributed by atoms with E-state index in [1.54, 1.807) is 0 Å². The number of halogens is 1. The highest BCUT2D eigenvalue weighted by atomic mass is 127. The number of aryl methyl sites for hydroxylation is 1. The van der Waals surface area contributed by atoms with Crippen molar-refractivity contribution in [1.29, 1.82) is 0 Å². The maximum absolute atomic E-state index is 5.05. The average molecular weight is 511 g/mol. The minimum Gasteiger partial charge on any atom is -0.368 e. The summed E-state index contributed by atoms with van der Waals surface area (Å²) in [6, 6.07) is 7.56. The van der Waals surface area contributed by atoms with E-state index in [1.807, 2.05) is 0 Å². The molecule has 0 aromatic heterocycles. The first-order valence-electron chi connectivity index (χ1n) is 11.2. The van der Waals surface area contributed by atoms with E-state index in [1.165, 1.54) is 49.2 Å². The van der Waals surface area contributed by atoms with Gasteiger partial charge in [0.1, 0.15) is 0 Å². The number of hydrogen-bond acceptors (Lipinski definition) is 3. The number of rotatable bonds is 5. The monoisotopic (exact) mass is 511 g/mol. The molecule has 0 amide bonds. The normalized spacial score (nSPS) is 23.3. The maximum Gasteiger partial charge on any atom is 0.194 e. The van der Waals surface area contributed by atoms with Crippen molar-refractivity contribution >= 4 is 35.6 Å². The molecule has 162 valence electrons. The van der Waals surface area contributed by atoms with Gasteiger partial charge in [-0.3, -0.25) is 4.99 Å². The number of nitrogens with zero attached hydrogens (tertiary/aromatic N) is 4. The molecule has 1 N–H and O–H groups in total. The van der Waals surface area contributed by atoms with Gasteiger partial charge in [0.25, 0.3) is 0 Å². The third-order valence-corrected chi connectivity index (χ3v) is 6.71. The standard InChI is InChI=1S/C23H37N5.HI/c1-4-24-23(25-16-20-10-11-28(17-20)21-8-9-21)27-14-12-26(13-15-27)22-7-5-6-18(2)19(22)3;/h5-7,20-21H,4,8-17H2,1-3H3,(H,24,25);1H. The fourth-order valence-corrected chi connectivity index (χ4v) is 4.66. The fraction of sp³-hybridized carbons (Fsp3) is 0.696. The SMILES string of the molecule is CCNC(=NCC1CCN(C2CC2)C1)N1CCN(c2cccc(C)c2C)CC1.I. The van der Waals surface area contributed by atoms with E-state index >= 15 is 0 Å². The van der Waals surface area contributed by atoms with Crippen molar-refractivity contribution in [3.05, 3.63) is 29.3 Å². The number of likely N-dealkylation sites (tertiary alicyclic amines) is 1. The van der Waals surface area contributed by atoms with E-state index < -0.39 is 0 Å². The topological polar surface area (TPSA) is 34.1 Å². The van der Waals surface area contributed by atoms with Gasteiger partial charge in [-0.1, -0.05) is 12.1 Å². The molecule has 1 aromatic rings. The largest absolute Gasteiger partial charge is 0.368 e. The first-order chi connectivity index (χ1) is 13.7. The van der Waals surface area contributed by atoms with E-state index in [9.17, 15) is 0 Å². The molecule has 3 fully saturated rings. The number of benzene rings is 1. The van der Waals surface area contributed by atoms with Gasteiger partial charge in [-0.05, 0) is 69.7 Å². The quantitative estimate of drug-likeness (QED) is 0.373. The van der Waals surface area contributed by atoms with Crippen LogP contribution in [0.15, 0.2) is 23.2 Å². The Morgan fingerprint density at radius 2 is 1.83 bits per heavy atom. The molecular weight excluding hydrogens is 473 g/mol. The smallest absolute Gasteiger partial charge is 0.194 e.